The summed E-state index contributed by atoms with van der Waals surface area (Å²) in [5, 5.41) is 3.42. The molecule has 2 aliphatic heterocycles. The summed E-state index contributed by atoms with van der Waals surface area (Å²) in [6.45, 7) is 2.74. The van der Waals surface area contributed by atoms with Gasteiger partial charge in [0.15, 0.2) is 0 Å². The quantitative estimate of drug-likeness (QED) is 0.906. The highest BCUT2D eigenvalue weighted by Gasteiger charge is 2.48. The van der Waals surface area contributed by atoms with Gasteiger partial charge in [-0.2, -0.15) is 0 Å². The third kappa shape index (κ3) is 2.16. The first-order chi connectivity index (χ1) is 10.2. The van der Waals surface area contributed by atoms with E-state index >= 15 is 0 Å². The number of nitrogens with one attached hydrogen (secondary N) is 1. The van der Waals surface area contributed by atoms with E-state index in [2.05, 4.69) is 10.2 Å². The Hall–Kier alpha value is -1.42. The van der Waals surface area contributed by atoms with Crippen molar-refractivity contribution in [3.8, 4) is 0 Å². The van der Waals surface area contributed by atoms with Crippen LogP contribution in [-0.2, 0) is 4.79 Å². The maximum absolute atomic E-state index is 13.6. The second-order valence-electron chi connectivity index (χ2n) is 6.70. The third-order valence-corrected chi connectivity index (χ3v) is 5.49. The molecule has 0 bridgehead atoms. The fourth-order valence-electron chi connectivity index (χ4n) is 4.15. The van der Waals surface area contributed by atoms with Crippen molar-refractivity contribution in [3.05, 3.63) is 35.6 Å². The van der Waals surface area contributed by atoms with Crippen molar-refractivity contribution in [1.29, 1.82) is 0 Å². The molecule has 2 heterocycles. The lowest BCUT2D eigenvalue weighted by Crippen LogP contribution is -2.40. The second kappa shape index (κ2) is 5.09. The molecule has 4 rings (SSSR count). The Balaban J connectivity index is 1.66. The fraction of sp³-hybridized carbons (Fsp3) is 0.588. The number of fused-ring (bicyclic) bond motifs is 1. The van der Waals surface area contributed by atoms with Crippen LogP contribution >= 0.6 is 0 Å². The minimum atomic E-state index is -0.210. The average molecular weight is 288 g/mol. The van der Waals surface area contributed by atoms with Crippen molar-refractivity contribution in [2.24, 2.45) is 17.8 Å². The number of carbonyl (C=O) groups excluding carboxylic acids is 1. The Morgan fingerprint density at radius 1 is 1.29 bits per heavy atom. The number of carbonyl (C=O) groups is 1. The summed E-state index contributed by atoms with van der Waals surface area (Å²) in [7, 11) is 0. The highest BCUT2D eigenvalue weighted by atomic mass is 19.1. The van der Waals surface area contributed by atoms with Gasteiger partial charge in [-0.25, -0.2) is 4.39 Å². The van der Waals surface area contributed by atoms with Crippen LogP contribution in [-0.4, -0.2) is 30.4 Å². The SMILES string of the molecule is O=C(C1CCC1)N1C[C@@H]2CNC[C@@H]2[C@H]1c1cccc(F)c1. The number of amides is 1. The molecule has 0 aromatic heterocycles. The van der Waals surface area contributed by atoms with Gasteiger partial charge in [-0.1, -0.05) is 18.6 Å². The largest absolute Gasteiger partial charge is 0.335 e. The van der Waals surface area contributed by atoms with Gasteiger partial charge in [-0.05, 0) is 36.5 Å². The van der Waals surface area contributed by atoms with Crippen molar-refractivity contribution in [3.63, 3.8) is 0 Å². The van der Waals surface area contributed by atoms with E-state index in [0.29, 0.717) is 17.7 Å². The summed E-state index contributed by atoms with van der Waals surface area (Å²) in [5.41, 5.74) is 0.957. The van der Waals surface area contributed by atoms with Gasteiger partial charge in [0.25, 0.3) is 0 Å². The van der Waals surface area contributed by atoms with E-state index in [9.17, 15) is 9.18 Å². The van der Waals surface area contributed by atoms with Gasteiger partial charge in [0.1, 0.15) is 5.82 Å². The maximum Gasteiger partial charge on any atom is 0.226 e. The number of likely N-dealkylation sites (tertiary alicyclic amines) is 1. The first-order valence-corrected chi connectivity index (χ1v) is 8.00. The Bertz CT molecular complexity index is 557. The Morgan fingerprint density at radius 2 is 2.14 bits per heavy atom. The molecule has 1 aliphatic carbocycles. The molecule has 3 nitrogen and oxygen atoms in total. The molecule has 2 saturated heterocycles. The number of benzene rings is 1. The summed E-state index contributed by atoms with van der Waals surface area (Å²) >= 11 is 0. The number of nitrogens with zero attached hydrogens (tertiary/aromatic N) is 1. The molecule has 0 unspecified atom stereocenters. The molecule has 1 aromatic rings. The predicted octanol–water partition coefficient (Wildman–Crippen LogP) is 2.34. The lowest BCUT2D eigenvalue weighted by Gasteiger charge is -2.34. The van der Waals surface area contributed by atoms with Crippen LogP contribution in [0.1, 0.15) is 30.9 Å². The van der Waals surface area contributed by atoms with E-state index in [1.54, 1.807) is 12.1 Å². The second-order valence-corrected chi connectivity index (χ2v) is 6.70. The Kier molecular flexibility index (Phi) is 3.21. The molecule has 1 saturated carbocycles. The van der Waals surface area contributed by atoms with E-state index in [1.165, 1.54) is 12.5 Å². The standard InChI is InChI=1S/C17H21FN2O/c18-14-6-2-5-12(7-14)16-15-9-19-8-13(15)10-20(16)17(21)11-3-1-4-11/h2,5-7,11,13,15-16,19H,1,3-4,8-10H2/t13-,15-,16+/m0/s1. The van der Waals surface area contributed by atoms with Crippen molar-refractivity contribution in [2.75, 3.05) is 19.6 Å². The van der Waals surface area contributed by atoms with Crippen LogP contribution in [0, 0.1) is 23.6 Å². The molecule has 3 atom stereocenters. The predicted molar refractivity (Wildman–Crippen MR) is 78.0 cm³/mol. The Labute approximate surface area is 124 Å². The van der Waals surface area contributed by atoms with Crippen molar-refractivity contribution in [2.45, 2.75) is 25.3 Å². The summed E-state index contributed by atoms with van der Waals surface area (Å²) < 4.78 is 13.6. The molecule has 1 N–H and O–H groups in total. The van der Waals surface area contributed by atoms with E-state index in [1.807, 2.05) is 6.07 Å². The molecule has 1 amide bonds. The zero-order valence-corrected chi connectivity index (χ0v) is 12.1. The van der Waals surface area contributed by atoms with Gasteiger partial charge in [0.2, 0.25) is 5.91 Å². The third-order valence-electron chi connectivity index (χ3n) is 5.49. The zero-order chi connectivity index (χ0) is 14.4. The van der Waals surface area contributed by atoms with Crippen LogP contribution in [0.15, 0.2) is 24.3 Å². The summed E-state index contributed by atoms with van der Waals surface area (Å²) in [6, 6.07) is 6.85. The first kappa shape index (κ1) is 13.3. The molecule has 0 radical (unpaired) electrons. The Morgan fingerprint density at radius 3 is 2.86 bits per heavy atom. The minimum absolute atomic E-state index is 0.0498. The maximum atomic E-state index is 13.6. The van der Waals surface area contributed by atoms with E-state index in [0.717, 1.165) is 38.0 Å². The van der Waals surface area contributed by atoms with Crippen LogP contribution in [0.3, 0.4) is 0 Å². The van der Waals surface area contributed by atoms with Crippen LogP contribution in [0.2, 0.25) is 0 Å². The lowest BCUT2D eigenvalue weighted by molar-refractivity contribution is -0.139. The first-order valence-electron chi connectivity index (χ1n) is 8.00. The number of rotatable bonds is 2. The molecular weight excluding hydrogens is 267 g/mol. The van der Waals surface area contributed by atoms with Crippen LogP contribution in [0.5, 0.6) is 0 Å². The zero-order valence-electron chi connectivity index (χ0n) is 12.1. The summed E-state index contributed by atoms with van der Waals surface area (Å²) in [5.74, 6) is 1.24. The van der Waals surface area contributed by atoms with Crippen LogP contribution in [0.4, 0.5) is 4.39 Å². The molecular formula is C17H21FN2O. The number of hydrogen-bond acceptors (Lipinski definition) is 2. The number of hydrogen-bond donors (Lipinski definition) is 1. The van der Waals surface area contributed by atoms with E-state index in [4.69, 9.17) is 0 Å². The minimum Gasteiger partial charge on any atom is -0.335 e. The molecule has 1 aromatic carbocycles. The van der Waals surface area contributed by atoms with Crippen LogP contribution in [0.25, 0.3) is 0 Å². The molecule has 112 valence electrons. The fourth-order valence-corrected chi connectivity index (χ4v) is 4.15. The monoisotopic (exact) mass is 288 g/mol. The van der Waals surface area contributed by atoms with Gasteiger partial charge >= 0.3 is 0 Å². The van der Waals surface area contributed by atoms with Crippen molar-refractivity contribution in [1.82, 2.24) is 10.2 Å². The molecule has 0 spiro atoms. The molecule has 3 fully saturated rings. The smallest absolute Gasteiger partial charge is 0.226 e. The normalized spacial score (nSPS) is 32.0. The topological polar surface area (TPSA) is 32.3 Å². The van der Waals surface area contributed by atoms with Crippen molar-refractivity contribution < 1.29 is 9.18 Å². The van der Waals surface area contributed by atoms with Gasteiger partial charge in [0, 0.05) is 31.5 Å². The average Bonchev–Trinajstić information content (AvgIpc) is 2.95. The van der Waals surface area contributed by atoms with Gasteiger partial charge in [0.05, 0.1) is 6.04 Å². The summed E-state index contributed by atoms with van der Waals surface area (Å²) in [4.78, 5) is 14.8. The van der Waals surface area contributed by atoms with E-state index in [-0.39, 0.29) is 17.8 Å². The van der Waals surface area contributed by atoms with Gasteiger partial charge in [-0.3, -0.25) is 4.79 Å². The summed E-state index contributed by atoms with van der Waals surface area (Å²) in [6.07, 6.45) is 3.22. The number of halogens is 1. The molecule has 4 heteroatoms. The highest BCUT2D eigenvalue weighted by Crippen LogP contribution is 2.44. The lowest BCUT2D eigenvalue weighted by atomic mass is 9.83. The van der Waals surface area contributed by atoms with Gasteiger partial charge in [-0.15, -0.1) is 0 Å². The molecule has 3 aliphatic rings. The van der Waals surface area contributed by atoms with Crippen molar-refractivity contribution >= 4 is 5.91 Å². The van der Waals surface area contributed by atoms with Crippen LogP contribution < -0.4 is 5.32 Å². The van der Waals surface area contributed by atoms with E-state index < -0.39 is 0 Å². The van der Waals surface area contributed by atoms with Gasteiger partial charge < -0.3 is 10.2 Å². The molecule has 21 heavy (non-hydrogen) atoms. The highest BCUT2D eigenvalue weighted by molar-refractivity contribution is 5.80.